The van der Waals surface area contributed by atoms with E-state index in [2.05, 4.69) is 71.0 Å². The number of hydrogen-bond donors (Lipinski definition) is 0. The van der Waals surface area contributed by atoms with Gasteiger partial charge < -0.3 is 33.3 Å². The number of fused-ring (bicyclic) bond motifs is 1. The molecule has 4 rings (SSSR count). The summed E-state index contributed by atoms with van der Waals surface area (Å²) >= 11 is 0. The van der Waals surface area contributed by atoms with Crippen LogP contribution in [0.5, 0.6) is 0 Å². The summed E-state index contributed by atoms with van der Waals surface area (Å²) in [5.41, 5.74) is 5.56. The monoisotopic (exact) mass is 482 g/mol. The van der Waals surface area contributed by atoms with Gasteiger partial charge in [0.15, 0.2) is 0 Å². The van der Waals surface area contributed by atoms with Crippen LogP contribution < -0.4 is 33.4 Å². The van der Waals surface area contributed by atoms with Crippen molar-refractivity contribution < 1.29 is 33.0 Å². The van der Waals surface area contributed by atoms with Gasteiger partial charge in [0.25, 0.3) is 5.52 Å². The maximum Gasteiger partial charge on any atom is 0.375 e. The molecule has 0 spiro atoms. The molecule has 28 heavy (non-hydrogen) atoms. The number of hydrogen-bond acceptors (Lipinski definition) is 2. The van der Waals surface area contributed by atoms with Crippen molar-refractivity contribution in [1.29, 1.82) is 0 Å². The van der Waals surface area contributed by atoms with Crippen LogP contribution in [0.2, 0.25) is 0 Å². The Balaban J connectivity index is 0.00000225. The summed E-state index contributed by atoms with van der Waals surface area (Å²) in [7, 11) is 2.04. The quantitative estimate of drug-likeness (QED) is 0.322. The summed E-state index contributed by atoms with van der Waals surface area (Å²) in [6.07, 6.45) is 4.07. The first-order valence-corrected chi connectivity index (χ1v) is 9.24. The SMILES string of the molecule is CC[n+]1c(/C=C/N(C)c2ccccc2)oc2ccc(-c3ccccc3)cc21.[I-]. The molecule has 1 heterocycles. The summed E-state index contributed by atoms with van der Waals surface area (Å²) < 4.78 is 8.32. The molecule has 3 aromatic carbocycles. The summed E-state index contributed by atoms with van der Waals surface area (Å²) in [4.78, 5) is 2.09. The van der Waals surface area contributed by atoms with Crippen LogP contribution in [0.4, 0.5) is 5.69 Å². The van der Waals surface area contributed by atoms with E-state index in [1.54, 1.807) is 0 Å². The van der Waals surface area contributed by atoms with Crippen LogP contribution >= 0.6 is 0 Å². The maximum absolute atomic E-state index is 6.12. The van der Waals surface area contributed by atoms with Crippen molar-refractivity contribution >= 4 is 22.9 Å². The lowest BCUT2D eigenvalue weighted by Crippen LogP contribution is -3.00. The smallest absolute Gasteiger partial charge is 0.375 e. The van der Waals surface area contributed by atoms with E-state index >= 15 is 0 Å². The number of aryl methyl sites for hydroxylation is 1. The average Bonchev–Trinajstić information content (AvgIpc) is 3.10. The van der Waals surface area contributed by atoms with Crippen LogP contribution in [-0.2, 0) is 6.54 Å². The third-order valence-electron chi connectivity index (χ3n) is 4.76. The molecule has 0 atom stereocenters. The Kier molecular flexibility index (Phi) is 6.52. The number of anilines is 1. The highest BCUT2D eigenvalue weighted by atomic mass is 127. The highest BCUT2D eigenvalue weighted by Crippen LogP contribution is 2.24. The number of rotatable bonds is 5. The van der Waals surface area contributed by atoms with Gasteiger partial charge in [0.2, 0.25) is 5.58 Å². The summed E-state index contributed by atoms with van der Waals surface area (Å²) in [5, 5.41) is 0. The van der Waals surface area contributed by atoms with Crippen LogP contribution in [0.1, 0.15) is 12.8 Å². The fourth-order valence-electron chi connectivity index (χ4n) is 3.29. The van der Waals surface area contributed by atoms with E-state index in [-0.39, 0.29) is 24.0 Å². The first-order valence-electron chi connectivity index (χ1n) is 9.24. The summed E-state index contributed by atoms with van der Waals surface area (Å²) in [5.74, 6) is 0.848. The van der Waals surface area contributed by atoms with Crippen LogP contribution in [0.3, 0.4) is 0 Å². The average molecular weight is 482 g/mol. The third kappa shape index (κ3) is 4.12. The van der Waals surface area contributed by atoms with E-state index in [4.69, 9.17) is 4.42 Å². The number of nitrogens with zero attached hydrogens (tertiary/aromatic N) is 2. The lowest BCUT2D eigenvalue weighted by atomic mass is 10.1. The lowest BCUT2D eigenvalue weighted by Gasteiger charge is -2.12. The van der Waals surface area contributed by atoms with Crippen molar-refractivity contribution in [2.24, 2.45) is 0 Å². The van der Waals surface area contributed by atoms with Crippen LogP contribution in [-0.4, -0.2) is 7.05 Å². The van der Waals surface area contributed by atoms with Gasteiger partial charge in [-0.25, -0.2) is 0 Å². The maximum atomic E-state index is 6.12. The predicted molar refractivity (Wildman–Crippen MR) is 111 cm³/mol. The summed E-state index contributed by atoms with van der Waals surface area (Å²) in [6.45, 7) is 2.99. The molecular formula is C24H23IN2O. The Morgan fingerprint density at radius 1 is 0.893 bits per heavy atom. The van der Waals surface area contributed by atoms with Crippen LogP contribution in [0, 0.1) is 0 Å². The van der Waals surface area contributed by atoms with Gasteiger partial charge in [0.1, 0.15) is 6.54 Å². The van der Waals surface area contributed by atoms with Crippen molar-refractivity contribution in [3.63, 3.8) is 0 Å². The Labute approximate surface area is 182 Å². The Morgan fingerprint density at radius 3 is 2.25 bits per heavy atom. The number of para-hydroxylation sites is 1. The second-order valence-corrected chi connectivity index (χ2v) is 6.50. The van der Waals surface area contributed by atoms with Gasteiger partial charge in [0, 0.05) is 25.0 Å². The molecule has 0 N–H and O–H groups in total. The van der Waals surface area contributed by atoms with Gasteiger partial charge in [-0.1, -0.05) is 54.6 Å². The van der Waals surface area contributed by atoms with Crippen molar-refractivity contribution in [2.75, 3.05) is 11.9 Å². The van der Waals surface area contributed by atoms with Gasteiger partial charge in [-0.2, -0.15) is 4.57 Å². The largest absolute Gasteiger partial charge is 1.00 e. The molecule has 0 saturated carbocycles. The van der Waals surface area contributed by atoms with E-state index in [1.165, 1.54) is 11.1 Å². The predicted octanol–water partition coefficient (Wildman–Crippen LogP) is 2.52. The normalized spacial score (nSPS) is 10.9. The fraction of sp³-hybridized carbons (Fsp3) is 0.125. The van der Waals surface area contributed by atoms with E-state index in [0.717, 1.165) is 29.2 Å². The number of halogens is 1. The first kappa shape index (κ1) is 20.1. The molecule has 0 fully saturated rings. The molecule has 1 aromatic heterocycles. The molecular weight excluding hydrogens is 459 g/mol. The highest BCUT2D eigenvalue weighted by molar-refractivity contribution is 5.78. The minimum Gasteiger partial charge on any atom is -1.00 e. The zero-order valence-electron chi connectivity index (χ0n) is 16.0. The number of oxazole rings is 1. The first-order chi connectivity index (χ1) is 13.3. The van der Waals surface area contributed by atoms with E-state index in [0.29, 0.717) is 0 Å². The third-order valence-corrected chi connectivity index (χ3v) is 4.76. The fourth-order valence-corrected chi connectivity index (χ4v) is 3.29. The second kappa shape index (κ2) is 9.06. The lowest BCUT2D eigenvalue weighted by molar-refractivity contribution is -0.674. The Bertz CT molecular complexity index is 1070. The van der Waals surface area contributed by atoms with Crippen molar-refractivity contribution in [3.8, 4) is 11.1 Å². The van der Waals surface area contributed by atoms with Gasteiger partial charge >= 0.3 is 5.89 Å². The standard InChI is InChI=1S/C24H23N2O.HI/c1-3-26-22-18-20(19-10-6-4-7-11-19)14-15-23(22)27-24(26)16-17-25(2)21-12-8-5-9-13-21;/h4-18H,3H2,1-2H3;1H/q+1;/p-1. The molecule has 0 bridgehead atoms. The van der Waals surface area contributed by atoms with Gasteiger partial charge in [-0.05, 0) is 36.2 Å². The highest BCUT2D eigenvalue weighted by Gasteiger charge is 2.19. The van der Waals surface area contributed by atoms with Gasteiger partial charge in [0.05, 0.1) is 6.08 Å². The zero-order chi connectivity index (χ0) is 18.6. The topological polar surface area (TPSA) is 20.3 Å². The summed E-state index contributed by atoms with van der Waals surface area (Å²) in [6, 6.07) is 27.1. The number of aromatic nitrogens is 1. The molecule has 3 nitrogen and oxygen atoms in total. The molecule has 0 saturated heterocycles. The van der Waals surface area contributed by atoms with Crippen LogP contribution in [0.25, 0.3) is 28.3 Å². The van der Waals surface area contributed by atoms with E-state index in [1.807, 2.05) is 43.6 Å². The molecule has 4 heteroatoms. The van der Waals surface area contributed by atoms with Crippen LogP contribution in [0.15, 0.2) is 89.5 Å². The molecule has 142 valence electrons. The van der Waals surface area contributed by atoms with Gasteiger partial charge in [-0.3, -0.25) is 0 Å². The van der Waals surface area contributed by atoms with Crippen molar-refractivity contribution in [3.05, 3.63) is 91.0 Å². The minimum absolute atomic E-state index is 0. The Morgan fingerprint density at radius 2 is 1.57 bits per heavy atom. The molecule has 0 aliphatic rings. The zero-order valence-corrected chi connectivity index (χ0v) is 18.2. The molecule has 0 radical (unpaired) electrons. The Hall–Kier alpha value is -2.60. The molecule has 0 aliphatic heterocycles. The van der Waals surface area contributed by atoms with E-state index < -0.39 is 0 Å². The molecule has 0 amide bonds. The van der Waals surface area contributed by atoms with Crippen molar-refractivity contribution in [2.45, 2.75) is 13.5 Å². The van der Waals surface area contributed by atoms with Crippen molar-refractivity contribution in [1.82, 2.24) is 0 Å². The molecule has 0 unspecified atom stereocenters. The number of benzene rings is 3. The second-order valence-electron chi connectivity index (χ2n) is 6.50. The minimum atomic E-state index is 0. The molecule has 0 aliphatic carbocycles. The molecule has 4 aromatic rings. The van der Waals surface area contributed by atoms with E-state index in [9.17, 15) is 0 Å². The van der Waals surface area contributed by atoms with Gasteiger partial charge in [-0.15, -0.1) is 0 Å².